The van der Waals surface area contributed by atoms with Crippen LogP contribution in [-0.4, -0.2) is 36.7 Å². The van der Waals surface area contributed by atoms with Gasteiger partial charge < -0.3 is 15.0 Å². The molecule has 0 atom stereocenters. The van der Waals surface area contributed by atoms with Gasteiger partial charge in [-0.15, -0.1) is 0 Å². The Kier molecular flexibility index (Phi) is 5.82. The third-order valence-electron chi connectivity index (χ3n) is 3.63. The molecule has 1 aliphatic heterocycles. The highest BCUT2D eigenvalue weighted by Crippen LogP contribution is 2.18. The van der Waals surface area contributed by atoms with Gasteiger partial charge in [0.15, 0.2) is 0 Å². The number of piperidine rings is 1. The zero-order valence-corrected chi connectivity index (χ0v) is 12.8. The van der Waals surface area contributed by atoms with Crippen LogP contribution >= 0.6 is 11.6 Å². The van der Waals surface area contributed by atoms with E-state index in [0.717, 1.165) is 12.8 Å². The molecule has 1 heterocycles. The van der Waals surface area contributed by atoms with Crippen molar-refractivity contribution in [1.82, 2.24) is 10.2 Å². The van der Waals surface area contributed by atoms with Gasteiger partial charge in [-0.1, -0.05) is 23.7 Å². The van der Waals surface area contributed by atoms with Crippen molar-refractivity contribution < 1.29 is 13.9 Å². The molecule has 1 saturated heterocycles. The van der Waals surface area contributed by atoms with Crippen molar-refractivity contribution >= 4 is 17.7 Å². The predicted molar refractivity (Wildman–Crippen MR) is 79.9 cm³/mol. The Hall–Kier alpha value is -1.33. The summed E-state index contributed by atoms with van der Waals surface area (Å²) in [7, 11) is 0. The molecule has 6 heteroatoms. The van der Waals surface area contributed by atoms with E-state index in [4.69, 9.17) is 16.3 Å². The number of ether oxygens (including phenoxy) is 1. The standard InChI is InChI=1S/C15H20ClFN2O2/c1-2-21-15(20)19-8-6-12(7-9-19)18-10-11-4-3-5-13(16)14(11)17/h3-5,12,18H,2,6-10H2,1H3. The molecule has 0 radical (unpaired) electrons. The fraction of sp³-hybridized carbons (Fsp3) is 0.533. The number of halogens is 2. The van der Waals surface area contributed by atoms with Crippen LogP contribution in [0.4, 0.5) is 9.18 Å². The first-order valence-electron chi connectivity index (χ1n) is 7.19. The van der Waals surface area contributed by atoms with Crippen molar-refractivity contribution in [2.75, 3.05) is 19.7 Å². The van der Waals surface area contributed by atoms with Gasteiger partial charge in [0, 0.05) is 31.2 Å². The van der Waals surface area contributed by atoms with E-state index in [1.54, 1.807) is 24.0 Å². The smallest absolute Gasteiger partial charge is 0.409 e. The topological polar surface area (TPSA) is 41.6 Å². The third-order valence-corrected chi connectivity index (χ3v) is 3.93. The summed E-state index contributed by atoms with van der Waals surface area (Å²) in [6.07, 6.45) is 1.42. The molecule has 0 bridgehead atoms. The Morgan fingerprint density at radius 2 is 2.19 bits per heavy atom. The molecule has 0 spiro atoms. The first kappa shape index (κ1) is 16.0. The Bertz CT molecular complexity index is 491. The summed E-state index contributed by atoms with van der Waals surface area (Å²) in [5, 5.41) is 3.46. The Morgan fingerprint density at radius 1 is 1.48 bits per heavy atom. The minimum absolute atomic E-state index is 0.145. The maximum absolute atomic E-state index is 13.8. The molecule has 1 fully saturated rings. The van der Waals surface area contributed by atoms with Gasteiger partial charge in [-0.2, -0.15) is 0 Å². The average molecular weight is 315 g/mol. The summed E-state index contributed by atoms with van der Waals surface area (Å²) in [6, 6.07) is 5.28. The van der Waals surface area contributed by atoms with Crippen molar-refractivity contribution in [3.05, 3.63) is 34.6 Å². The van der Waals surface area contributed by atoms with E-state index in [1.165, 1.54) is 6.07 Å². The third kappa shape index (κ3) is 4.32. The quantitative estimate of drug-likeness (QED) is 0.928. The highest BCUT2D eigenvalue weighted by atomic mass is 35.5. The van der Waals surface area contributed by atoms with E-state index in [-0.39, 0.29) is 23.0 Å². The van der Waals surface area contributed by atoms with E-state index in [1.807, 2.05) is 0 Å². The molecule has 0 aromatic heterocycles. The molecular formula is C15H20ClFN2O2. The molecule has 1 aliphatic rings. The van der Waals surface area contributed by atoms with Gasteiger partial charge in [0.2, 0.25) is 0 Å². The van der Waals surface area contributed by atoms with Gasteiger partial charge >= 0.3 is 6.09 Å². The van der Waals surface area contributed by atoms with Crippen LogP contribution in [0.1, 0.15) is 25.3 Å². The molecule has 2 rings (SSSR count). The van der Waals surface area contributed by atoms with Gasteiger partial charge in [-0.3, -0.25) is 0 Å². The highest BCUT2D eigenvalue weighted by Gasteiger charge is 2.23. The van der Waals surface area contributed by atoms with Crippen molar-refractivity contribution in [1.29, 1.82) is 0 Å². The number of nitrogens with zero attached hydrogens (tertiary/aromatic N) is 1. The second-order valence-corrected chi connectivity index (χ2v) is 5.46. The zero-order chi connectivity index (χ0) is 15.2. The number of carbonyl (C=O) groups excluding carboxylic acids is 1. The number of carbonyl (C=O) groups is 1. The van der Waals surface area contributed by atoms with Crippen molar-refractivity contribution in [3.63, 3.8) is 0 Å². The monoisotopic (exact) mass is 314 g/mol. The molecule has 116 valence electrons. The summed E-state index contributed by atoms with van der Waals surface area (Å²) >= 11 is 5.76. The van der Waals surface area contributed by atoms with Crippen LogP contribution in [0.25, 0.3) is 0 Å². The van der Waals surface area contributed by atoms with Crippen molar-refractivity contribution in [2.45, 2.75) is 32.4 Å². The largest absolute Gasteiger partial charge is 0.450 e. The average Bonchev–Trinajstić information content (AvgIpc) is 2.49. The molecule has 0 unspecified atom stereocenters. The fourth-order valence-electron chi connectivity index (χ4n) is 2.42. The SMILES string of the molecule is CCOC(=O)N1CCC(NCc2cccc(Cl)c2F)CC1. The Labute approximate surface area is 129 Å². The maximum Gasteiger partial charge on any atom is 0.409 e. The van der Waals surface area contributed by atoms with Crippen molar-refractivity contribution in [3.8, 4) is 0 Å². The molecular weight excluding hydrogens is 295 g/mol. The normalized spacial score (nSPS) is 16.0. The lowest BCUT2D eigenvalue weighted by Gasteiger charge is -2.31. The number of hydrogen-bond acceptors (Lipinski definition) is 3. The molecule has 1 aromatic carbocycles. The number of amides is 1. The summed E-state index contributed by atoms with van der Waals surface area (Å²) in [4.78, 5) is 13.3. The Balaban J connectivity index is 1.79. The number of rotatable bonds is 4. The second-order valence-electron chi connectivity index (χ2n) is 5.05. The van der Waals surface area contributed by atoms with E-state index >= 15 is 0 Å². The molecule has 1 amide bonds. The molecule has 4 nitrogen and oxygen atoms in total. The number of nitrogens with one attached hydrogen (secondary N) is 1. The van der Waals surface area contributed by atoms with Crippen LogP contribution in [0, 0.1) is 5.82 Å². The van der Waals surface area contributed by atoms with E-state index in [9.17, 15) is 9.18 Å². The highest BCUT2D eigenvalue weighted by molar-refractivity contribution is 6.30. The zero-order valence-electron chi connectivity index (χ0n) is 12.1. The molecule has 1 aromatic rings. The van der Waals surface area contributed by atoms with Crippen LogP contribution in [0.15, 0.2) is 18.2 Å². The van der Waals surface area contributed by atoms with E-state index in [0.29, 0.717) is 31.8 Å². The minimum atomic E-state index is -0.365. The summed E-state index contributed by atoms with van der Waals surface area (Å²) in [5.74, 6) is -0.365. The lowest BCUT2D eigenvalue weighted by molar-refractivity contribution is 0.0950. The maximum atomic E-state index is 13.8. The van der Waals surface area contributed by atoms with Crippen LogP contribution in [0.5, 0.6) is 0 Å². The molecule has 1 N–H and O–H groups in total. The van der Waals surface area contributed by atoms with Crippen LogP contribution in [-0.2, 0) is 11.3 Å². The Morgan fingerprint density at radius 3 is 2.86 bits per heavy atom. The first-order chi connectivity index (χ1) is 10.1. The fourth-order valence-corrected chi connectivity index (χ4v) is 2.61. The van der Waals surface area contributed by atoms with Gasteiger partial charge in [0.05, 0.1) is 11.6 Å². The molecule has 21 heavy (non-hydrogen) atoms. The first-order valence-corrected chi connectivity index (χ1v) is 7.57. The molecule has 0 aliphatic carbocycles. The minimum Gasteiger partial charge on any atom is -0.450 e. The van der Waals surface area contributed by atoms with Gasteiger partial charge in [-0.05, 0) is 25.8 Å². The number of hydrogen-bond donors (Lipinski definition) is 1. The predicted octanol–water partition coefficient (Wildman–Crippen LogP) is 3.19. The van der Waals surface area contributed by atoms with Crippen LogP contribution in [0.3, 0.4) is 0 Å². The van der Waals surface area contributed by atoms with Crippen molar-refractivity contribution in [2.24, 2.45) is 0 Å². The second kappa shape index (κ2) is 7.61. The van der Waals surface area contributed by atoms with Crippen LogP contribution < -0.4 is 5.32 Å². The molecule has 0 saturated carbocycles. The number of likely N-dealkylation sites (tertiary alicyclic amines) is 1. The lowest BCUT2D eigenvalue weighted by Crippen LogP contribution is -2.45. The van der Waals surface area contributed by atoms with E-state index < -0.39 is 0 Å². The van der Waals surface area contributed by atoms with E-state index in [2.05, 4.69) is 5.32 Å². The van der Waals surface area contributed by atoms with Gasteiger partial charge in [-0.25, -0.2) is 9.18 Å². The van der Waals surface area contributed by atoms with Gasteiger partial charge in [0.1, 0.15) is 5.82 Å². The summed E-state index contributed by atoms with van der Waals surface area (Å²) in [6.45, 7) is 3.95. The summed E-state index contributed by atoms with van der Waals surface area (Å²) in [5.41, 5.74) is 0.565. The lowest BCUT2D eigenvalue weighted by atomic mass is 10.0. The number of benzene rings is 1. The summed E-state index contributed by atoms with van der Waals surface area (Å²) < 4.78 is 18.7. The van der Waals surface area contributed by atoms with Gasteiger partial charge in [0.25, 0.3) is 0 Å². The van der Waals surface area contributed by atoms with Crippen LogP contribution in [0.2, 0.25) is 5.02 Å².